The predicted octanol–water partition coefficient (Wildman–Crippen LogP) is 0.575. The smallest absolute Gasteiger partial charge is 0.233 e. The Morgan fingerprint density at radius 2 is 1.52 bits per heavy atom. The maximum Gasteiger partial charge on any atom is 0.233 e. The average Bonchev–Trinajstić information content (AvgIpc) is 2.75. The number of imide groups is 1. The van der Waals surface area contributed by atoms with Crippen molar-refractivity contribution >= 4 is 11.8 Å². The molecule has 0 bridgehead atoms. The first-order valence-corrected chi connectivity index (χ1v) is 8.08. The molecule has 2 saturated heterocycles. The van der Waals surface area contributed by atoms with Gasteiger partial charge in [-0.3, -0.25) is 14.5 Å². The Morgan fingerprint density at radius 3 is 2.10 bits per heavy atom. The number of allylic oxidation sites excluding steroid dienone is 2. The number of rotatable bonds is 4. The number of nitrogens with zero attached hydrogens (tertiary/aromatic N) is 3. The van der Waals surface area contributed by atoms with Gasteiger partial charge >= 0.3 is 0 Å². The van der Waals surface area contributed by atoms with Crippen LogP contribution in [0.2, 0.25) is 0 Å². The zero-order valence-electron chi connectivity index (χ0n) is 12.8. The van der Waals surface area contributed by atoms with E-state index in [4.69, 9.17) is 0 Å². The number of likely N-dealkylation sites (N-methyl/N-ethyl adjacent to an activating group) is 1. The molecule has 5 nitrogen and oxygen atoms in total. The summed E-state index contributed by atoms with van der Waals surface area (Å²) in [7, 11) is 2.15. The number of amides is 2. The molecule has 116 valence electrons. The second-order valence-electron chi connectivity index (χ2n) is 6.48. The highest BCUT2D eigenvalue weighted by atomic mass is 16.2. The Balaban J connectivity index is 1.47. The van der Waals surface area contributed by atoms with E-state index >= 15 is 0 Å². The summed E-state index contributed by atoms with van der Waals surface area (Å²) < 4.78 is 0. The first kappa shape index (κ1) is 14.7. The Morgan fingerprint density at radius 1 is 0.952 bits per heavy atom. The average molecular weight is 291 g/mol. The summed E-state index contributed by atoms with van der Waals surface area (Å²) in [5.41, 5.74) is 0. The molecule has 3 rings (SSSR count). The van der Waals surface area contributed by atoms with Crippen LogP contribution in [0, 0.1) is 11.8 Å². The maximum atomic E-state index is 12.3. The van der Waals surface area contributed by atoms with E-state index in [2.05, 4.69) is 16.8 Å². The lowest BCUT2D eigenvalue weighted by atomic mass is 9.85. The number of piperazine rings is 1. The van der Waals surface area contributed by atoms with E-state index in [9.17, 15) is 9.59 Å². The SMILES string of the molecule is CN1CCN(CCCN2C(=O)[C@H]3CC=CC[C@H]3C2=O)CC1. The van der Waals surface area contributed by atoms with Crippen molar-refractivity contribution in [2.45, 2.75) is 19.3 Å². The van der Waals surface area contributed by atoms with Gasteiger partial charge in [0.15, 0.2) is 0 Å². The second kappa shape index (κ2) is 6.28. The van der Waals surface area contributed by atoms with Gasteiger partial charge in [-0.15, -0.1) is 0 Å². The van der Waals surface area contributed by atoms with Gasteiger partial charge in [-0.2, -0.15) is 0 Å². The molecule has 2 amide bonds. The molecule has 3 aliphatic rings. The molecular weight excluding hydrogens is 266 g/mol. The lowest BCUT2D eigenvalue weighted by molar-refractivity contribution is -0.140. The lowest BCUT2D eigenvalue weighted by Gasteiger charge is -2.32. The van der Waals surface area contributed by atoms with Crippen LogP contribution < -0.4 is 0 Å². The van der Waals surface area contributed by atoms with Gasteiger partial charge in [0.25, 0.3) is 0 Å². The molecule has 0 spiro atoms. The van der Waals surface area contributed by atoms with Crippen LogP contribution in [0.4, 0.5) is 0 Å². The lowest BCUT2D eigenvalue weighted by Crippen LogP contribution is -2.45. The number of hydrogen-bond acceptors (Lipinski definition) is 4. The molecule has 0 aromatic carbocycles. The summed E-state index contributed by atoms with van der Waals surface area (Å²) in [6.07, 6.45) is 6.46. The number of fused-ring (bicyclic) bond motifs is 1. The Bertz CT molecular complexity index is 415. The van der Waals surface area contributed by atoms with Crippen LogP contribution in [-0.4, -0.2) is 72.8 Å². The predicted molar refractivity (Wildman–Crippen MR) is 80.6 cm³/mol. The summed E-state index contributed by atoms with van der Waals surface area (Å²) in [4.78, 5) is 30.9. The van der Waals surface area contributed by atoms with E-state index in [1.807, 2.05) is 12.2 Å². The summed E-state index contributed by atoms with van der Waals surface area (Å²) in [5, 5.41) is 0. The minimum absolute atomic E-state index is 0.0627. The van der Waals surface area contributed by atoms with E-state index in [0.29, 0.717) is 6.54 Å². The van der Waals surface area contributed by atoms with Crippen molar-refractivity contribution in [2.75, 3.05) is 46.3 Å². The van der Waals surface area contributed by atoms with Crippen molar-refractivity contribution < 1.29 is 9.59 Å². The summed E-state index contributed by atoms with van der Waals surface area (Å²) in [6.45, 7) is 5.98. The van der Waals surface area contributed by atoms with Gasteiger partial charge in [0.05, 0.1) is 11.8 Å². The Hall–Kier alpha value is -1.20. The fraction of sp³-hybridized carbons (Fsp3) is 0.750. The summed E-state index contributed by atoms with van der Waals surface area (Å²) in [5.74, 6) is -0.0299. The molecule has 0 unspecified atom stereocenters. The maximum absolute atomic E-state index is 12.3. The molecule has 2 heterocycles. The van der Waals surface area contributed by atoms with E-state index in [0.717, 1.165) is 52.0 Å². The zero-order valence-corrected chi connectivity index (χ0v) is 12.8. The van der Waals surface area contributed by atoms with Crippen LogP contribution in [-0.2, 0) is 9.59 Å². The van der Waals surface area contributed by atoms with E-state index < -0.39 is 0 Å². The quantitative estimate of drug-likeness (QED) is 0.561. The van der Waals surface area contributed by atoms with Crippen LogP contribution in [0.15, 0.2) is 12.2 Å². The molecule has 0 aromatic rings. The number of likely N-dealkylation sites (tertiary alicyclic amines) is 1. The van der Waals surface area contributed by atoms with Crippen LogP contribution >= 0.6 is 0 Å². The van der Waals surface area contributed by atoms with Crippen LogP contribution in [0.5, 0.6) is 0 Å². The van der Waals surface area contributed by atoms with Gasteiger partial charge in [-0.25, -0.2) is 0 Å². The number of carbonyl (C=O) groups excluding carboxylic acids is 2. The van der Waals surface area contributed by atoms with Crippen molar-refractivity contribution in [1.82, 2.24) is 14.7 Å². The molecule has 0 N–H and O–H groups in total. The molecule has 2 atom stereocenters. The standard InChI is InChI=1S/C16H25N3O2/c1-17-9-11-18(12-10-17)7-4-8-19-15(20)13-5-2-3-6-14(13)16(19)21/h2-3,13-14H,4-12H2,1H3/t13-,14+. The number of carbonyl (C=O) groups is 2. The van der Waals surface area contributed by atoms with Crippen molar-refractivity contribution in [2.24, 2.45) is 11.8 Å². The highest BCUT2D eigenvalue weighted by Gasteiger charge is 2.46. The van der Waals surface area contributed by atoms with E-state index in [1.165, 1.54) is 4.90 Å². The fourth-order valence-corrected chi connectivity index (χ4v) is 3.61. The first-order chi connectivity index (χ1) is 10.2. The third-order valence-electron chi connectivity index (χ3n) is 5.05. The molecule has 5 heteroatoms. The second-order valence-corrected chi connectivity index (χ2v) is 6.48. The fourth-order valence-electron chi connectivity index (χ4n) is 3.61. The Labute approximate surface area is 126 Å². The van der Waals surface area contributed by atoms with E-state index in [-0.39, 0.29) is 23.7 Å². The van der Waals surface area contributed by atoms with Gasteiger partial charge in [-0.1, -0.05) is 12.2 Å². The summed E-state index contributed by atoms with van der Waals surface area (Å²) >= 11 is 0. The van der Waals surface area contributed by atoms with Crippen LogP contribution in [0.25, 0.3) is 0 Å². The molecule has 0 aromatic heterocycles. The van der Waals surface area contributed by atoms with Crippen molar-refractivity contribution in [3.05, 3.63) is 12.2 Å². The Kier molecular flexibility index (Phi) is 4.40. The molecule has 0 radical (unpaired) electrons. The normalized spacial score (nSPS) is 31.0. The van der Waals surface area contributed by atoms with Crippen molar-refractivity contribution in [3.8, 4) is 0 Å². The molecular formula is C16H25N3O2. The van der Waals surface area contributed by atoms with Gasteiger partial charge in [0, 0.05) is 32.7 Å². The zero-order chi connectivity index (χ0) is 14.8. The highest BCUT2D eigenvalue weighted by molar-refractivity contribution is 6.05. The molecule has 2 aliphatic heterocycles. The minimum atomic E-state index is -0.0777. The van der Waals surface area contributed by atoms with Gasteiger partial charge in [0.1, 0.15) is 0 Å². The largest absolute Gasteiger partial charge is 0.304 e. The first-order valence-electron chi connectivity index (χ1n) is 8.08. The van der Waals surface area contributed by atoms with Gasteiger partial charge < -0.3 is 9.80 Å². The number of hydrogen-bond donors (Lipinski definition) is 0. The highest BCUT2D eigenvalue weighted by Crippen LogP contribution is 2.34. The van der Waals surface area contributed by atoms with Crippen molar-refractivity contribution in [3.63, 3.8) is 0 Å². The van der Waals surface area contributed by atoms with E-state index in [1.54, 1.807) is 0 Å². The molecule has 21 heavy (non-hydrogen) atoms. The minimum Gasteiger partial charge on any atom is -0.304 e. The van der Waals surface area contributed by atoms with Crippen LogP contribution in [0.3, 0.4) is 0 Å². The monoisotopic (exact) mass is 291 g/mol. The van der Waals surface area contributed by atoms with Crippen molar-refractivity contribution in [1.29, 1.82) is 0 Å². The summed E-state index contributed by atoms with van der Waals surface area (Å²) in [6, 6.07) is 0. The third-order valence-corrected chi connectivity index (χ3v) is 5.05. The van der Waals surface area contributed by atoms with Crippen LogP contribution in [0.1, 0.15) is 19.3 Å². The topological polar surface area (TPSA) is 43.9 Å². The molecule has 2 fully saturated rings. The third kappa shape index (κ3) is 3.04. The van der Waals surface area contributed by atoms with Gasteiger partial charge in [0.2, 0.25) is 11.8 Å². The van der Waals surface area contributed by atoms with Gasteiger partial charge in [-0.05, 0) is 32.9 Å². The molecule has 1 aliphatic carbocycles. The molecule has 0 saturated carbocycles.